The maximum Gasteiger partial charge on any atom is 0.277 e. The number of aromatic hydroxyl groups is 1. The van der Waals surface area contributed by atoms with Crippen molar-refractivity contribution in [2.75, 3.05) is 13.2 Å². The van der Waals surface area contributed by atoms with E-state index >= 15 is 0 Å². The van der Waals surface area contributed by atoms with Gasteiger partial charge in [-0.05, 0) is 47.1 Å². The maximum absolute atomic E-state index is 11.8. The van der Waals surface area contributed by atoms with E-state index < -0.39 is 5.91 Å². The first-order valence-corrected chi connectivity index (χ1v) is 8.94. The fraction of sp³-hybridized carbons (Fsp3) is 0.176. The van der Waals surface area contributed by atoms with Gasteiger partial charge in [0.25, 0.3) is 5.91 Å². The summed E-state index contributed by atoms with van der Waals surface area (Å²) in [6, 6.07) is 10.5. The Labute approximate surface area is 162 Å². The number of nitrogens with zero attached hydrogens (tertiary/aromatic N) is 1. The van der Waals surface area contributed by atoms with Crippen LogP contribution >= 0.6 is 31.9 Å². The number of carbonyl (C=O) groups excluding carboxylic acids is 1. The molecule has 0 aliphatic heterocycles. The molecule has 25 heavy (non-hydrogen) atoms. The smallest absolute Gasteiger partial charge is 0.277 e. The SMILES string of the molecule is CCOc1ccccc1OCC(=O)N/N=C/c1cc(Br)cc(Br)c1O. The van der Waals surface area contributed by atoms with Crippen molar-refractivity contribution in [1.29, 1.82) is 0 Å². The largest absolute Gasteiger partial charge is 0.506 e. The van der Waals surface area contributed by atoms with E-state index in [9.17, 15) is 9.90 Å². The molecule has 132 valence electrons. The number of hydrogen-bond donors (Lipinski definition) is 2. The number of amides is 1. The molecule has 0 heterocycles. The van der Waals surface area contributed by atoms with E-state index in [0.717, 1.165) is 4.47 Å². The summed E-state index contributed by atoms with van der Waals surface area (Å²) in [5, 5.41) is 13.7. The molecule has 1 amide bonds. The Morgan fingerprint density at radius 1 is 1.24 bits per heavy atom. The van der Waals surface area contributed by atoms with Gasteiger partial charge in [-0.3, -0.25) is 4.79 Å². The van der Waals surface area contributed by atoms with Gasteiger partial charge in [-0.2, -0.15) is 5.10 Å². The van der Waals surface area contributed by atoms with E-state index in [4.69, 9.17) is 9.47 Å². The van der Waals surface area contributed by atoms with Gasteiger partial charge in [-0.25, -0.2) is 5.43 Å². The second-order valence-electron chi connectivity index (χ2n) is 4.79. The molecule has 0 aliphatic rings. The van der Waals surface area contributed by atoms with Crippen molar-refractivity contribution in [2.45, 2.75) is 6.92 Å². The van der Waals surface area contributed by atoms with Crippen LogP contribution in [-0.2, 0) is 4.79 Å². The number of phenolic OH excluding ortho intramolecular Hbond substituents is 1. The summed E-state index contributed by atoms with van der Waals surface area (Å²) in [7, 11) is 0. The lowest BCUT2D eigenvalue weighted by molar-refractivity contribution is -0.123. The lowest BCUT2D eigenvalue weighted by Gasteiger charge is -2.10. The van der Waals surface area contributed by atoms with Crippen LogP contribution in [0.5, 0.6) is 17.2 Å². The number of para-hydroxylation sites is 2. The van der Waals surface area contributed by atoms with Crippen LogP contribution in [0.4, 0.5) is 0 Å². The summed E-state index contributed by atoms with van der Waals surface area (Å²) in [6.07, 6.45) is 1.34. The van der Waals surface area contributed by atoms with Crippen LogP contribution < -0.4 is 14.9 Å². The van der Waals surface area contributed by atoms with Gasteiger partial charge >= 0.3 is 0 Å². The monoisotopic (exact) mass is 470 g/mol. The zero-order valence-electron chi connectivity index (χ0n) is 13.3. The number of hydrogen-bond acceptors (Lipinski definition) is 5. The first-order valence-electron chi connectivity index (χ1n) is 7.35. The molecule has 0 saturated carbocycles. The van der Waals surface area contributed by atoms with Crippen molar-refractivity contribution in [3.05, 3.63) is 50.9 Å². The second-order valence-corrected chi connectivity index (χ2v) is 6.56. The molecule has 0 aromatic heterocycles. The van der Waals surface area contributed by atoms with Gasteiger partial charge in [0.05, 0.1) is 17.3 Å². The van der Waals surface area contributed by atoms with E-state index in [1.807, 2.05) is 13.0 Å². The molecule has 2 aromatic rings. The number of carbonyl (C=O) groups is 1. The van der Waals surface area contributed by atoms with Crippen molar-refractivity contribution in [2.24, 2.45) is 5.10 Å². The molecule has 2 aromatic carbocycles. The summed E-state index contributed by atoms with van der Waals surface area (Å²) in [5.41, 5.74) is 2.79. The average molecular weight is 472 g/mol. The molecular weight excluding hydrogens is 456 g/mol. The Hall–Kier alpha value is -2.06. The van der Waals surface area contributed by atoms with Crippen LogP contribution in [0.3, 0.4) is 0 Å². The Balaban J connectivity index is 1.91. The van der Waals surface area contributed by atoms with Crippen LogP contribution in [0.1, 0.15) is 12.5 Å². The lowest BCUT2D eigenvalue weighted by Crippen LogP contribution is -2.24. The first-order chi connectivity index (χ1) is 12.0. The minimum atomic E-state index is -0.434. The van der Waals surface area contributed by atoms with Crippen molar-refractivity contribution in [3.63, 3.8) is 0 Å². The quantitative estimate of drug-likeness (QED) is 0.474. The first kappa shape index (κ1) is 19.3. The standard InChI is InChI=1S/C17H16Br2N2O4/c1-2-24-14-5-3-4-6-15(14)25-10-16(22)21-20-9-11-7-12(18)8-13(19)17(11)23/h3-9,23H,2,10H2,1H3,(H,21,22)/b20-9+. The van der Waals surface area contributed by atoms with Crippen molar-refractivity contribution in [1.82, 2.24) is 5.43 Å². The molecule has 0 radical (unpaired) electrons. The minimum absolute atomic E-state index is 0.0306. The molecule has 0 atom stereocenters. The van der Waals surface area contributed by atoms with Gasteiger partial charge < -0.3 is 14.6 Å². The van der Waals surface area contributed by atoms with E-state index in [1.54, 1.807) is 30.3 Å². The molecule has 0 spiro atoms. The van der Waals surface area contributed by atoms with Crippen LogP contribution in [0.25, 0.3) is 0 Å². The highest BCUT2D eigenvalue weighted by atomic mass is 79.9. The fourth-order valence-corrected chi connectivity index (χ4v) is 3.14. The third-order valence-electron chi connectivity index (χ3n) is 2.96. The van der Waals surface area contributed by atoms with Gasteiger partial charge in [0, 0.05) is 10.0 Å². The van der Waals surface area contributed by atoms with E-state index in [-0.39, 0.29) is 12.4 Å². The number of benzene rings is 2. The highest BCUT2D eigenvalue weighted by molar-refractivity contribution is 9.11. The number of hydrazone groups is 1. The average Bonchev–Trinajstić information content (AvgIpc) is 2.58. The predicted octanol–water partition coefficient (Wildman–Crippen LogP) is 3.85. The number of halogens is 2. The zero-order valence-corrected chi connectivity index (χ0v) is 16.5. The Morgan fingerprint density at radius 3 is 2.60 bits per heavy atom. The highest BCUT2D eigenvalue weighted by Crippen LogP contribution is 2.30. The molecule has 2 rings (SSSR count). The van der Waals surface area contributed by atoms with Crippen molar-refractivity contribution >= 4 is 44.0 Å². The third kappa shape index (κ3) is 5.75. The molecule has 0 saturated heterocycles. The van der Waals surface area contributed by atoms with Gasteiger partial charge in [-0.1, -0.05) is 28.1 Å². The number of ether oxygens (including phenoxy) is 2. The van der Waals surface area contributed by atoms with Gasteiger partial charge in [0.1, 0.15) is 5.75 Å². The number of phenols is 1. The fourth-order valence-electron chi connectivity index (χ4n) is 1.88. The normalized spacial score (nSPS) is 10.7. The van der Waals surface area contributed by atoms with Crippen LogP contribution in [0.2, 0.25) is 0 Å². The molecular formula is C17H16Br2N2O4. The van der Waals surface area contributed by atoms with Crippen molar-refractivity contribution in [3.8, 4) is 17.2 Å². The predicted molar refractivity (Wildman–Crippen MR) is 102 cm³/mol. The van der Waals surface area contributed by atoms with Gasteiger partial charge in [0.15, 0.2) is 18.1 Å². The lowest BCUT2D eigenvalue weighted by atomic mass is 10.2. The number of nitrogens with one attached hydrogen (secondary N) is 1. The van der Waals surface area contributed by atoms with Gasteiger partial charge in [-0.15, -0.1) is 0 Å². The van der Waals surface area contributed by atoms with Gasteiger partial charge in [0.2, 0.25) is 0 Å². The summed E-state index contributed by atoms with van der Waals surface area (Å²) in [5.74, 6) is 0.654. The Bertz CT molecular complexity index is 781. The molecule has 2 N–H and O–H groups in total. The second kappa shape index (κ2) is 9.43. The maximum atomic E-state index is 11.8. The molecule has 6 nitrogen and oxygen atoms in total. The van der Waals surface area contributed by atoms with Crippen molar-refractivity contribution < 1.29 is 19.4 Å². The van der Waals surface area contributed by atoms with E-state index in [0.29, 0.717) is 28.1 Å². The molecule has 8 heteroatoms. The molecule has 0 fully saturated rings. The Kier molecular flexibility index (Phi) is 7.27. The third-order valence-corrected chi connectivity index (χ3v) is 4.02. The minimum Gasteiger partial charge on any atom is -0.506 e. The number of rotatable bonds is 7. The molecule has 0 unspecified atom stereocenters. The summed E-state index contributed by atoms with van der Waals surface area (Å²) in [4.78, 5) is 11.8. The zero-order chi connectivity index (χ0) is 18.2. The van der Waals surface area contributed by atoms with E-state index in [1.165, 1.54) is 6.21 Å². The van der Waals surface area contributed by atoms with Crippen LogP contribution in [-0.4, -0.2) is 30.4 Å². The summed E-state index contributed by atoms with van der Waals surface area (Å²) in [6.45, 7) is 2.16. The highest BCUT2D eigenvalue weighted by Gasteiger charge is 2.08. The molecule has 0 aliphatic carbocycles. The Morgan fingerprint density at radius 2 is 1.92 bits per heavy atom. The summed E-state index contributed by atoms with van der Waals surface area (Å²) >= 11 is 6.54. The van der Waals surface area contributed by atoms with E-state index in [2.05, 4.69) is 42.4 Å². The topological polar surface area (TPSA) is 80.2 Å². The van der Waals surface area contributed by atoms with Crippen LogP contribution in [0.15, 0.2) is 50.4 Å². The van der Waals surface area contributed by atoms with Crippen LogP contribution in [0, 0.1) is 0 Å². The summed E-state index contributed by atoms with van der Waals surface area (Å²) < 4.78 is 12.1. The molecule has 0 bridgehead atoms.